The van der Waals surface area contributed by atoms with Gasteiger partial charge >= 0.3 is 0 Å². The highest BCUT2D eigenvalue weighted by Crippen LogP contribution is 2.49. The number of hydrogen-bond acceptors (Lipinski definition) is 2. The highest BCUT2D eigenvalue weighted by Gasteiger charge is 2.22. The van der Waals surface area contributed by atoms with Crippen LogP contribution in [0.4, 0.5) is 17.1 Å². The zero-order chi connectivity index (χ0) is 31.6. The van der Waals surface area contributed by atoms with Crippen LogP contribution in [-0.4, -0.2) is 0 Å². The van der Waals surface area contributed by atoms with Gasteiger partial charge in [0.2, 0.25) is 0 Å². The molecular weight excluding hydrogens is 599 g/mol. The summed E-state index contributed by atoms with van der Waals surface area (Å²) in [6.45, 7) is 0. The summed E-state index contributed by atoms with van der Waals surface area (Å²) in [5.41, 5.74) is 5.87. The van der Waals surface area contributed by atoms with Crippen LogP contribution in [0, 0.1) is 0 Å². The number of thiophene rings is 1. The zero-order valence-corrected chi connectivity index (χ0v) is 26.9. The third kappa shape index (κ3) is 4.17. The second-order valence-electron chi connectivity index (χ2n) is 12.5. The fourth-order valence-electron chi connectivity index (χ4n) is 7.65. The first kappa shape index (κ1) is 27.2. The molecule has 0 amide bonds. The van der Waals surface area contributed by atoms with Crippen molar-refractivity contribution in [2.75, 3.05) is 4.90 Å². The van der Waals surface area contributed by atoms with Crippen LogP contribution in [0.25, 0.3) is 74.4 Å². The number of nitrogens with zero attached hydrogens (tertiary/aromatic N) is 1. The Morgan fingerprint density at radius 2 is 0.938 bits per heavy atom. The van der Waals surface area contributed by atoms with Crippen LogP contribution < -0.4 is 4.90 Å². The molecule has 0 N–H and O–H groups in total. The lowest BCUT2D eigenvalue weighted by Gasteiger charge is -2.29. The van der Waals surface area contributed by atoms with Gasteiger partial charge in [-0.3, -0.25) is 0 Å². The van der Waals surface area contributed by atoms with E-state index in [9.17, 15) is 0 Å². The summed E-state index contributed by atoms with van der Waals surface area (Å²) >= 11 is 1.88. The molecule has 0 saturated heterocycles. The molecule has 1 heterocycles. The van der Waals surface area contributed by atoms with E-state index < -0.39 is 0 Å². The van der Waals surface area contributed by atoms with E-state index in [1.165, 1.54) is 80.1 Å². The van der Waals surface area contributed by atoms with Crippen molar-refractivity contribution in [3.05, 3.63) is 176 Å². The zero-order valence-electron chi connectivity index (χ0n) is 26.1. The van der Waals surface area contributed by atoms with E-state index in [2.05, 4.69) is 181 Å². The van der Waals surface area contributed by atoms with Crippen LogP contribution in [0.1, 0.15) is 0 Å². The number of hydrogen-bond donors (Lipinski definition) is 0. The van der Waals surface area contributed by atoms with Crippen molar-refractivity contribution < 1.29 is 0 Å². The average Bonchev–Trinajstić information content (AvgIpc) is 3.55. The first-order chi connectivity index (χ1) is 23.8. The SMILES string of the molecule is c1ccc(-c2ccccc2N(c2ccc3ccc4ccc5ccccc5c4c3c2)c2cccc3sc4ccc5ccccc5c4c23)cc1. The van der Waals surface area contributed by atoms with E-state index in [1.807, 2.05) is 11.3 Å². The van der Waals surface area contributed by atoms with Crippen LogP contribution in [0.2, 0.25) is 0 Å². The van der Waals surface area contributed by atoms with Crippen LogP contribution in [0.5, 0.6) is 0 Å². The lowest BCUT2D eigenvalue weighted by atomic mass is 9.95. The summed E-state index contributed by atoms with van der Waals surface area (Å²) in [4.78, 5) is 2.50. The molecule has 1 aromatic heterocycles. The number of rotatable bonds is 4. The molecule has 48 heavy (non-hydrogen) atoms. The number of para-hydroxylation sites is 1. The van der Waals surface area contributed by atoms with Gasteiger partial charge in [0.15, 0.2) is 0 Å². The Hall–Kier alpha value is -5.96. The first-order valence-corrected chi connectivity index (χ1v) is 17.3. The molecule has 0 fully saturated rings. The van der Waals surface area contributed by atoms with Gasteiger partial charge in [0.1, 0.15) is 0 Å². The third-order valence-electron chi connectivity index (χ3n) is 9.80. The minimum absolute atomic E-state index is 1.14. The van der Waals surface area contributed by atoms with E-state index in [0.717, 1.165) is 11.4 Å². The van der Waals surface area contributed by atoms with Gasteiger partial charge in [-0.25, -0.2) is 0 Å². The molecular formula is C46H29NS. The highest BCUT2D eigenvalue weighted by atomic mass is 32.1. The highest BCUT2D eigenvalue weighted by molar-refractivity contribution is 7.26. The molecule has 0 saturated carbocycles. The molecule has 0 aliphatic rings. The van der Waals surface area contributed by atoms with Crippen molar-refractivity contribution in [2.24, 2.45) is 0 Å². The van der Waals surface area contributed by atoms with Gasteiger partial charge in [0.25, 0.3) is 0 Å². The molecule has 2 heteroatoms. The van der Waals surface area contributed by atoms with Crippen molar-refractivity contribution in [2.45, 2.75) is 0 Å². The predicted octanol–water partition coefficient (Wildman–Crippen LogP) is 13.8. The molecule has 9 aromatic carbocycles. The Bertz CT molecular complexity index is 2840. The molecule has 10 rings (SSSR count). The van der Waals surface area contributed by atoms with Gasteiger partial charge in [0, 0.05) is 31.4 Å². The summed E-state index contributed by atoms with van der Waals surface area (Å²) in [6.07, 6.45) is 0. The van der Waals surface area contributed by atoms with Gasteiger partial charge in [-0.05, 0) is 85.1 Å². The molecule has 0 radical (unpaired) electrons. The van der Waals surface area contributed by atoms with E-state index in [4.69, 9.17) is 0 Å². The molecule has 0 unspecified atom stereocenters. The normalized spacial score (nSPS) is 11.8. The van der Waals surface area contributed by atoms with Gasteiger partial charge in [0.05, 0.1) is 11.4 Å². The maximum Gasteiger partial charge on any atom is 0.0555 e. The Balaban J connectivity index is 1.34. The smallest absolute Gasteiger partial charge is 0.0555 e. The van der Waals surface area contributed by atoms with Crippen LogP contribution in [0.15, 0.2) is 176 Å². The van der Waals surface area contributed by atoms with Crippen LogP contribution in [0.3, 0.4) is 0 Å². The number of fused-ring (bicyclic) bond motifs is 10. The Morgan fingerprint density at radius 3 is 1.75 bits per heavy atom. The molecule has 0 aliphatic carbocycles. The van der Waals surface area contributed by atoms with E-state index >= 15 is 0 Å². The lowest BCUT2D eigenvalue weighted by Crippen LogP contribution is -2.11. The fourth-order valence-corrected chi connectivity index (χ4v) is 8.79. The van der Waals surface area contributed by atoms with Crippen LogP contribution >= 0.6 is 11.3 Å². The maximum atomic E-state index is 2.50. The summed E-state index contributed by atoms with van der Waals surface area (Å²) in [7, 11) is 0. The topological polar surface area (TPSA) is 3.24 Å². The van der Waals surface area contributed by atoms with E-state index in [1.54, 1.807) is 0 Å². The maximum absolute atomic E-state index is 2.50. The number of benzene rings is 9. The minimum Gasteiger partial charge on any atom is -0.309 e. The molecule has 224 valence electrons. The standard InChI is InChI=1S/C46H29NS/c1-2-11-30(12-3-1)36-15-8-9-18-40(36)47(41-19-10-20-42-46(41)45-38-17-7-5-14-32(38)26-28-43(45)48-42)35-27-25-33-22-24-34-23-21-31-13-4-6-16-37(31)44(34)39(33)29-35/h1-29H. The predicted molar refractivity (Wildman–Crippen MR) is 209 cm³/mol. The van der Waals surface area contributed by atoms with Gasteiger partial charge < -0.3 is 4.90 Å². The molecule has 0 aliphatic heterocycles. The third-order valence-corrected chi connectivity index (χ3v) is 10.9. The molecule has 0 spiro atoms. The van der Waals surface area contributed by atoms with Crippen LogP contribution in [-0.2, 0) is 0 Å². The van der Waals surface area contributed by atoms with Gasteiger partial charge in [-0.15, -0.1) is 11.3 Å². The second-order valence-corrected chi connectivity index (χ2v) is 13.6. The summed E-state index contributed by atoms with van der Waals surface area (Å²) in [6, 6.07) is 64.5. The first-order valence-electron chi connectivity index (χ1n) is 16.4. The largest absolute Gasteiger partial charge is 0.309 e. The van der Waals surface area contributed by atoms with E-state index in [0.29, 0.717) is 0 Å². The number of anilines is 3. The van der Waals surface area contributed by atoms with Crippen molar-refractivity contribution in [1.82, 2.24) is 0 Å². The Kier molecular flexibility index (Phi) is 6.12. The van der Waals surface area contributed by atoms with Gasteiger partial charge in [-0.1, -0.05) is 140 Å². The Labute approximate surface area is 282 Å². The quantitative estimate of drug-likeness (QED) is 0.176. The van der Waals surface area contributed by atoms with Crippen molar-refractivity contribution in [3.8, 4) is 11.1 Å². The summed E-state index contributed by atoms with van der Waals surface area (Å²) in [5.74, 6) is 0. The van der Waals surface area contributed by atoms with Crippen molar-refractivity contribution in [1.29, 1.82) is 0 Å². The van der Waals surface area contributed by atoms with Crippen molar-refractivity contribution in [3.63, 3.8) is 0 Å². The molecule has 1 nitrogen and oxygen atoms in total. The fraction of sp³-hybridized carbons (Fsp3) is 0. The van der Waals surface area contributed by atoms with Gasteiger partial charge in [-0.2, -0.15) is 0 Å². The molecule has 10 aromatic rings. The molecule has 0 bridgehead atoms. The summed E-state index contributed by atoms with van der Waals surface area (Å²) in [5, 5.41) is 12.8. The monoisotopic (exact) mass is 627 g/mol. The molecule has 0 atom stereocenters. The van der Waals surface area contributed by atoms with E-state index in [-0.39, 0.29) is 0 Å². The Morgan fingerprint density at radius 1 is 0.354 bits per heavy atom. The summed E-state index contributed by atoms with van der Waals surface area (Å²) < 4.78 is 2.60. The second kappa shape index (κ2) is 10.8. The van der Waals surface area contributed by atoms with Crippen molar-refractivity contribution >= 4 is 91.7 Å². The average molecular weight is 628 g/mol. The minimum atomic E-state index is 1.14. The lowest BCUT2D eigenvalue weighted by molar-refractivity contribution is 1.31.